The van der Waals surface area contributed by atoms with Crippen LogP contribution in [0.3, 0.4) is 0 Å². The van der Waals surface area contributed by atoms with E-state index in [9.17, 15) is 10.1 Å². The van der Waals surface area contributed by atoms with Gasteiger partial charge in [-0.05, 0) is 51.7 Å². The molecule has 0 aliphatic rings. The summed E-state index contributed by atoms with van der Waals surface area (Å²) in [5.74, 6) is -0.0337. The predicted molar refractivity (Wildman–Crippen MR) is 147 cm³/mol. The summed E-state index contributed by atoms with van der Waals surface area (Å²) in [6.07, 6.45) is 1.47. The highest BCUT2D eigenvalue weighted by molar-refractivity contribution is 7.09. The summed E-state index contributed by atoms with van der Waals surface area (Å²) in [7, 11) is 3.48. The van der Waals surface area contributed by atoms with Gasteiger partial charge in [0.2, 0.25) is 0 Å². The Hall–Kier alpha value is -4.31. The molecule has 0 N–H and O–H groups in total. The van der Waals surface area contributed by atoms with Gasteiger partial charge in [0.05, 0.1) is 28.6 Å². The van der Waals surface area contributed by atoms with Crippen LogP contribution in [-0.2, 0) is 11.3 Å². The number of carbonyl (C=O) groups is 1. The molecule has 1 aromatic heterocycles. The molecule has 5 nitrogen and oxygen atoms in total. The molecule has 0 spiro atoms. The van der Waals surface area contributed by atoms with E-state index in [0.29, 0.717) is 17.7 Å². The minimum atomic E-state index is -0.350. The molecule has 0 aliphatic carbocycles. The average Bonchev–Trinajstić information content (AvgIpc) is 3.47. The highest BCUT2D eigenvalue weighted by Crippen LogP contribution is 2.36. The van der Waals surface area contributed by atoms with Crippen LogP contribution in [0.5, 0.6) is 0 Å². The number of amides is 1. The summed E-state index contributed by atoms with van der Waals surface area (Å²) >= 11 is 1.53. The van der Waals surface area contributed by atoms with Gasteiger partial charge in [0.15, 0.2) is 0 Å². The van der Waals surface area contributed by atoms with Crippen LogP contribution in [0.1, 0.15) is 38.0 Å². The molecule has 182 valence electrons. The smallest absolute Gasteiger partial charge is 0.253 e. The molecule has 1 heterocycles. The van der Waals surface area contributed by atoms with Crippen LogP contribution in [0.2, 0.25) is 0 Å². The first-order valence-corrected chi connectivity index (χ1v) is 12.8. The van der Waals surface area contributed by atoms with Crippen molar-refractivity contribution < 1.29 is 9.53 Å². The van der Waals surface area contributed by atoms with Crippen molar-refractivity contribution in [2.45, 2.75) is 12.7 Å². The second kappa shape index (κ2) is 10.8. The van der Waals surface area contributed by atoms with Gasteiger partial charge in [0.1, 0.15) is 6.10 Å². The number of hydrogen-bond donors (Lipinski definition) is 0. The van der Waals surface area contributed by atoms with E-state index in [1.165, 1.54) is 11.3 Å². The number of carbonyl (C=O) groups excluding carboxylic acids is 1. The Morgan fingerprint density at radius 1 is 1.00 bits per heavy atom. The third-order valence-electron chi connectivity index (χ3n) is 6.28. The lowest BCUT2D eigenvalue weighted by Crippen LogP contribution is -2.21. The highest BCUT2D eigenvalue weighted by atomic mass is 32.1. The molecule has 37 heavy (non-hydrogen) atoms. The number of fused-ring (bicyclic) bond motifs is 1. The fourth-order valence-corrected chi connectivity index (χ4v) is 5.08. The van der Waals surface area contributed by atoms with Gasteiger partial charge in [-0.25, -0.2) is 0 Å². The summed E-state index contributed by atoms with van der Waals surface area (Å²) in [5, 5.41) is 12.1. The van der Waals surface area contributed by atoms with E-state index in [1.807, 2.05) is 60.8 Å². The van der Waals surface area contributed by atoms with Crippen LogP contribution in [0.4, 0.5) is 0 Å². The number of nitrogens with zero attached hydrogens (tertiary/aromatic N) is 3. The molecule has 0 aliphatic heterocycles. The fraction of sp³-hybridized carbons (Fsp3) is 0.129. The summed E-state index contributed by atoms with van der Waals surface area (Å²) in [4.78, 5) is 19.0. The number of rotatable bonds is 7. The molecule has 0 radical (unpaired) electrons. The maximum absolute atomic E-state index is 12.2. The Balaban J connectivity index is 1.49. The van der Waals surface area contributed by atoms with Crippen LogP contribution in [0, 0.1) is 11.3 Å². The molecule has 0 saturated carbocycles. The van der Waals surface area contributed by atoms with Crippen LogP contribution in [-0.4, -0.2) is 29.9 Å². The van der Waals surface area contributed by atoms with Gasteiger partial charge in [-0.3, -0.25) is 9.78 Å². The van der Waals surface area contributed by atoms with Crippen molar-refractivity contribution in [1.29, 1.82) is 5.26 Å². The topological polar surface area (TPSA) is 66.2 Å². The zero-order valence-electron chi connectivity index (χ0n) is 20.6. The zero-order valence-corrected chi connectivity index (χ0v) is 21.4. The molecule has 6 heteroatoms. The predicted octanol–water partition coefficient (Wildman–Crippen LogP) is 6.84. The van der Waals surface area contributed by atoms with Crippen LogP contribution < -0.4 is 0 Å². The molecule has 0 saturated heterocycles. The molecule has 1 unspecified atom stereocenters. The van der Waals surface area contributed by atoms with Crippen molar-refractivity contribution in [3.05, 3.63) is 124 Å². The fourth-order valence-electron chi connectivity index (χ4n) is 4.38. The lowest BCUT2D eigenvalue weighted by Gasteiger charge is -2.19. The number of benzene rings is 4. The van der Waals surface area contributed by atoms with Gasteiger partial charge in [-0.15, -0.1) is 11.3 Å². The summed E-state index contributed by atoms with van der Waals surface area (Å²) in [6.45, 7) is 0.364. The standard InChI is InChI=1S/C31H25N3O2S/c1-34(2)31(35)23-12-10-21(11-13-23)19-36-30(29-18-33-20-37-29)24-14-15-25(17-32)28(16-24)27-9-5-7-22-6-3-4-8-26(22)27/h3-16,18,20,30H,19H2,1-2H3. The van der Waals surface area contributed by atoms with Gasteiger partial charge in [-0.2, -0.15) is 5.26 Å². The van der Waals surface area contributed by atoms with Crippen molar-refractivity contribution in [3.63, 3.8) is 0 Å². The number of ether oxygens (including phenoxy) is 1. The van der Waals surface area contributed by atoms with Gasteiger partial charge < -0.3 is 9.64 Å². The lowest BCUT2D eigenvalue weighted by atomic mass is 9.92. The average molecular weight is 504 g/mol. The van der Waals surface area contributed by atoms with E-state index < -0.39 is 0 Å². The molecule has 5 aromatic rings. The van der Waals surface area contributed by atoms with Crippen molar-refractivity contribution in [3.8, 4) is 17.2 Å². The third kappa shape index (κ3) is 5.14. The van der Waals surface area contributed by atoms with E-state index in [2.05, 4.69) is 41.4 Å². The summed E-state index contributed by atoms with van der Waals surface area (Å²) < 4.78 is 6.45. The van der Waals surface area contributed by atoms with Crippen molar-refractivity contribution >= 4 is 28.0 Å². The Kier molecular flexibility index (Phi) is 7.09. The Morgan fingerprint density at radius 3 is 2.51 bits per heavy atom. The van der Waals surface area contributed by atoms with Crippen LogP contribution in [0.25, 0.3) is 21.9 Å². The normalized spacial score (nSPS) is 11.7. The molecule has 1 amide bonds. The molecule has 4 aromatic carbocycles. The minimum absolute atomic E-state index is 0.0337. The van der Waals surface area contributed by atoms with Crippen LogP contribution in [0.15, 0.2) is 96.6 Å². The largest absolute Gasteiger partial charge is 0.363 e. The maximum atomic E-state index is 12.2. The first-order chi connectivity index (χ1) is 18.0. The quantitative estimate of drug-likeness (QED) is 0.244. The van der Waals surface area contributed by atoms with E-state index in [4.69, 9.17) is 4.74 Å². The monoisotopic (exact) mass is 503 g/mol. The molecule has 5 rings (SSSR count). The molecular weight excluding hydrogens is 478 g/mol. The molecule has 0 fully saturated rings. The molecular formula is C31H25N3O2S. The number of hydrogen-bond acceptors (Lipinski definition) is 5. The minimum Gasteiger partial charge on any atom is -0.363 e. The van der Waals surface area contributed by atoms with E-state index in [1.54, 1.807) is 24.5 Å². The first kappa shape index (κ1) is 24.4. The van der Waals surface area contributed by atoms with Gasteiger partial charge in [-0.1, -0.05) is 60.7 Å². The van der Waals surface area contributed by atoms with E-state index in [-0.39, 0.29) is 12.0 Å². The Morgan fingerprint density at radius 2 is 1.78 bits per heavy atom. The van der Waals surface area contributed by atoms with Crippen LogP contribution >= 0.6 is 11.3 Å². The summed E-state index contributed by atoms with van der Waals surface area (Å²) in [5.41, 5.74) is 6.85. The number of nitriles is 1. The van der Waals surface area contributed by atoms with E-state index in [0.717, 1.165) is 37.9 Å². The first-order valence-electron chi connectivity index (χ1n) is 11.9. The molecule has 0 bridgehead atoms. The second-order valence-electron chi connectivity index (χ2n) is 8.93. The lowest BCUT2D eigenvalue weighted by molar-refractivity contribution is 0.0688. The Labute approximate surface area is 220 Å². The second-order valence-corrected chi connectivity index (χ2v) is 9.85. The van der Waals surface area contributed by atoms with Crippen molar-refractivity contribution in [2.75, 3.05) is 14.1 Å². The van der Waals surface area contributed by atoms with Crippen molar-refractivity contribution in [2.24, 2.45) is 0 Å². The van der Waals surface area contributed by atoms with E-state index >= 15 is 0 Å². The number of thiazole rings is 1. The van der Waals surface area contributed by atoms with Gasteiger partial charge in [0.25, 0.3) is 5.91 Å². The van der Waals surface area contributed by atoms with Gasteiger partial charge in [0, 0.05) is 31.4 Å². The zero-order chi connectivity index (χ0) is 25.8. The summed E-state index contributed by atoms with van der Waals surface area (Å²) in [6, 6.07) is 30.1. The number of aromatic nitrogens is 1. The maximum Gasteiger partial charge on any atom is 0.253 e. The SMILES string of the molecule is CN(C)C(=O)c1ccc(COC(c2ccc(C#N)c(-c3cccc4ccccc34)c2)c2cncs2)cc1. The third-order valence-corrected chi connectivity index (χ3v) is 7.10. The van der Waals surface area contributed by atoms with Gasteiger partial charge >= 0.3 is 0 Å². The Bertz CT molecular complexity index is 1580. The molecule has 1 atom stereocenters. The highest BCUT2D eigenvalue weighted by Gasteiger charge is 2.20. The van der Waals surface area contributed by atoms with Crippen molar-refractivity contribution in [1.82, 2.24) is 9.88 Å².